The maximum absolute atomic E-state index is 11.9. The van der Waals surface area contributed by atoms with Gasteiger partial charge in [0.25, 0.3) is 10.0 Å². The number of halogens is 1. The minimum absolute atomic E-state index is 0.0682. The molecule has 0 radical (unpaired) electrons. The van der Waals surface area contributed by atoms with Crippen LogP contribution in [0.1, 0.15) is 19.7 Å². The Labute approximate surface area is 107 Å². The monoisotopic (exact) mass is 279 g/mol. The van der Waals surface area contributed by atoms with Gasteiger partial charge in [-0.05, 0) is 19.8 Å². The number of aromatic nitrogens is 2. The molecular weight excluding hydrogens is 262 g/mol. The summed E-state index contributed by atoms with van der Waals surface area (Å²) in [6.07, 6.45) is 1.54. The molecule has 17 heavy (non-hydrogen) atoms. The van der Waals surface area contributed by atoms with Crippen LogP contribution in [0.4, 0.5) is 0 Å². The van der Waals surface area contributed by atoms with E-state index in [0.29, 0.717) is 24.8 Å². The number of nitrogens with zero attached hydrogens (tertiary/aromatic N) is 2. The highest BCUT2D eigenvalue weighted by Gasteiger charge is 2.19. The molecule has 0 saturated carbocycles. The molecule has 1 aromatic rings. The minimum Gasteiger partial charge on any atom is -0.334 e. The molecule has 1 heterocycles. The Kier molecular flexibility index (Phi) is 4.97. The standard InChI is InChI=1S/C10H18ClN3O2S/c1-4-14-7-10(13-9(14)3)17(15,16)12-6-8(2)5-11/h7-8,12H,4-6H2,1-3H3. The molecule has 1 rings (SSSR count). The summed E-state index contributed by atoms with van der Waals surface area (Å²) in [6.45, 7) is 6.62. The molecule has 1 atom stereocenters. The predicted octanol–water partition coefficient (Wildman–Crippen LogP) is 1.36. The summed E-state index contributed by atoms with van der Waals surface area (Å²) in [6, 6.07) is 0. The van der Waals surface area contributed by atoms with Crippen molar-refractivity contribution in [3.05, 3.63) is 12.0 Å². The van der Waals surface area contributed by atoms with E-state index in [9.17, 15) is 8.42 Å². The van der Waals surface area contributed by atoms with Gasteiger partial charge in [-0.2, -0.15) is 0 Å². The predicted molar refractivity (Wildman–Crippen MR) is 67.7 cm³/mol. The molecular formula is C10H18ClN3O2S. The summed E-state index contributed by atoms with van der Waals surface area (Å²) in [5.74, 6) is 1.21. The van der Waals surface area contributed by atoms with Crippen LogP contribution < -0.4 is 4.72 Å². The van der Waals surface area contributed by atoms with Gasteiger partial charge in [0, 0.05) is 25.2 Å². The molecule has 7 heteroatoms. The number of rotatable bonds is 6. The zero-order valence-corrected chi connectivity index (χ0v) is 11.8. The molecule has 0 aliphatic carbocycles. The summed E-state index contributed by atoms with van der Waals surface area (Å²) in [7, 11) is -3.52. The van der Waals surface area contributed by atoms with Gasteiger partial charge in [0.2, 0.25) is 0 Å². The summed E-state index contributed by atoms with van der Waals surface area (Å²) in [5, 5.41) is 0.0682. The number of hydrogen-bond donors (Lipinski definition) is 1. The zero-order chi connectivity index (χ0) is 13.1. The minimum atomic E-state index is -3.52. The van der Waals surface area contributed by atoms with Crippen molar-refractivity contribution in [2.45, 2.75) is 32.3 Å². The van der Waals surface area contributed by atoms with Crippen LogP contribution in [0, 0.1) is 12.8 Å². The van der Waals surface area contributed by atoms with Crippen LogP contribution >= 0.6 is 11.6 Å². The van der Waals surface area contributed by atoms with Gasteiger partial charge < -0.3 is 4.57 Å². The van der Waals surface area contributed by atoms with E-state index in [1.165, 1.54) is 0 Å². The van der Waals surface area contributed by atoms with Crippen molar-refractivity contribution in [1.82, 2.24) is 14.3 Å². The SMILES string of the molecule is CCn1cc(S(=O)(=O)NCC(C)CCl)nc1C. The Hall–Kier alpha value is -0.590. The molecule has 5 nitrogen and oxygen atoms in total. The van der Waals surface area contributed by atoms with Crippen molar-refractivity contribution in [2.24, 2.45) is 5.92 Å². The molecule has 1 N–H and O–H groups in total. The highest BCUT2D eigenvalue weighted by molar-refractivity contribution is 7.89. The number of imidazole rings is 1. The zero-order valence-electron chi connectivity index (χ0n) is 10.3. The second-order valence-corrected chi connectivity index (χ2v) is 6.05. The normalized spacial score (nSPS) is 13.9. The molecule has 0 saturated heterocycles. The first-order valence-electron chi connectivity index (χ1n) is 5.50. The van der Waals surface area contributed by atoms with Crippen LogP contribution in [0.2, 0.25) is 0 Å². The van der Waals surface area contributed by atoms with E-state index in [1.807, 2.05) is 13.8 Å². The number of sulfonamides is 1. The Morgan fingerprint density at radius 1 is 1.59 bits per heavy atom. The van der Waals surface area contributed by atoms with E-state index in [4.69, 9.17) is 11.6 Å². The van der Waals surface area contributed by atoms with E-state index in [2.05, 4.69) is 9.71 Å². The van der Waals surface area contributed by atoms with Gasteiger partial charge >= 0.3 is 0 Å². The molecule has 0 spiro atoms. The smallest absolute Gasteiger partial charge is 0.259 e. The summed E-state index contributed by atoms with van der Waals surface area (Å²) in [5.41, 5.74) is 0. The maximum Gasteiger partial charge on any atom is 0.259 e. The average Bonchev–Trinajstić information content (AvgIpc) is 2.68. The Balaban J connectivity index is 2.82. The molecule has 1 unspecified atom stereocenters. The maximum atomic E-state index is 11.9. The van der Waals surface area contributed by atoms with E-state index >= 15 is 0 Å². The van der Waals surface area contributed by atoms with Gasteiger partial charge in [0.1, 0.15) is 5.82 Å². The van der Waals surface area contributed by atoms with Crippen molar-refractivity contribution in [2.75, 3.05) is 12.4 Å². The first kappa shape index (κ1) is 14.5. The Bertz CT molecular complexity index is 470. The Morgan fingerprint density at radius 2 is 2.24 bits per heavy atom. The van der Waals surface area contributed by atoms with E-state index in [1.54, 1.807) is 17.7 Å². The van der Waals surface area contributed by atoms with Gasteiger partial charge in [0.15, 0.2) is 5.03 Å². The van der Waals surface area contributed by atoms with Crippen molar-refractivity contribution in [1.29, 1.82) is 0 Å². The molecule has 0 aromatic carbocycles. The fraction of sp³-hybridized carbons (Fsp3) is 0.700. The van der Waals surface area contributed by atoms with E-state index in [-0.39, 0.29) is 10.9 Å². The summed E-state index contributed by atoms with van der Waals surface area (Å²) < 4.78 is 28.1. The lowest BCUT2D eigenvalue weighted by molar-refractivity contribution is 0.559. The second-order valence-electron chi connectivity index (χ2n) is 4.02. The van der Waals surface area contributed by atoms with Gasteiger partial charge in [-0.1, -0.05) is 6.92 Å². The van der Waals surface area contributed by atoms with Gasteiger partial charge in [0.05, 0.1) is 0 Å². The molecule has 1 aromatic heterocycles. The van der Waals surface area contributed by atoms with E-state index in [0.717, 1.165) is 0 Å². The third-order valence-corrected chi connectivity index (χ3v) is 4.28. The third-order valence-electron chi connectivity index (χ3n) is 2.46. The third kappa shape index (κ3) is 3.69. The van der Waals surface area contributed by atoms with Crippen LogP contribution in [-0.2, 0) is 16.6 Å². The van der Waals surface area contributed by atoms with Crippen LogP contribution in [0.25, 0.3) is 0 Å². The first-order valence-corrected chi connectivity index (χ1v) is 7.51. The molecule has 0 aliphatic rings. The lowest BCUT2D eigenvalue weighted by Gasteiger charge is -2.08. The van der Waals surface area contributed by atoms with Crippen molar-refractivity contribution in [3.8, 4) is 0 Å². The molecule has 0 amide bonds. The van der Waals surface area contributed by atoms with Gasteiger partial charge in [-0.15, -0.1) is 11.6 Å². The van der Waals surface area contributed by atoms with Gasteiger partial charge in [-0.25, -0.2) is 18.1 Å². The molecule has 0 aliphatic heterocycles. The van der Waals surface area contributed by atoms with Crippen molar-refractivity contribution >= 4 is 21.6 Å². The first-order chi connectivity index (χ1) is 7.90. The average molecular weight is 280 g/mol. The van der Waals surface area contributed by atoms with Crippen molar-refractivity contribution in [3.63, 3.8) is 0 Å². The topological polar surface area (TPSA) is 64.0 Å². The van der Waals surface area contributed by atoms with Crippen molar-refractivity contribution < 1.29 is 8.42 Å². The van der Waals surface area contributed by atoms with Crippen LogP contribution in [0.5, 0.6) is 0 Å². The van der Waals surface area contributed by atoms with Crippen LogP contribution in [0.15, 0.2) is 11.2 Å². The lowest BCUT2D eigenvalue weighted by Crippen LogP contribution is -2.29. The molecule has 0 bridgehead atoms. The second kappa shape index (κ2) is 5.84. The highest BCUT2D eigenvalue weighted by Crippen LogP contribution is 2.09. The number of nitrogens with one attached hydrogen (secondary N) is 1. The van der Waals surface area contributed by atoms with Crippen LogP contribution in [0.3, 0.4) is 0 Å². The number of alkyl halides is 1. The molecule has 98 valence electrons. The largest absolute Gasteiger partial charge is 0.334 e. The van der Waals surface area contributed by atoms with E-state index < -0.39 is 10.0 Å². The lowest BCUT2D eigenvalue weighted by atomic mass is 10.2. The fourth-order valence-electron chi connectivity index (χ4n) is 1.31. The quantitative estimate of drug-likeness (QED) is 0.800. The van der Waals surface area contributed by atoms with Crippen LogP contribution in [-0.4, -0.2) is 30.4 Å². The number of aryl methyl sites for hydroxylation is 2. The van der Waals surface area contributed by atoms with Gasteiger partial charge in [-0.3, -0.25) is 0 Å². The molecule has 0 fully saturated rings. The summed E-state index contributed by atoms with van der Waals surface area (Å²) in [4.78, 5) is 4.04. The summed E-state index contributed by atoms with van der Waals surface area (Å²) >= 11 is 5.62. The fourth-order valence-corrected chi connectivity index (χ4v) is 2.59. The Morgan fingerprint density at radius 3 is 2.71 bits per heavy atom. The number of hydrogen-bond acceptors (Lipinski definition) is 3. The highest BCUT2D eigenvalue weighted by atomic mass is 35.5.